The van der Waals surface area contributed by atoms with Crippen LogP contribution in [-0.4, -0.2) is 57.7 Å². The van der Waals surface area contributed by atoms with Crippen molar-refractivity contribution >= 4 is 0 Å². The molecule has 0 unspecified atom stereocenters. The molecule has 1 saturated heterocycles. The number of rotatable bonds is 6. The molecule has 3 rings (SSSR count). The quantitative estimate of drug-likeness (QED) is 0.830. The highest BCUT2D eigenvalue weighted by Crippen LogP contribution is 2.38. The van der Waals surface area contributed by atoms with Gasteiger partial charge in [0.2, 0.25) is 6.79 Å². The topological polar surface area (TPSA) is 66.2 Å². The highest BCUT2D eigenvalue weighted by Gasteiger charge is 2.18. The largest absolute Gasteiger partial charge is 0.492 e. The molecule has 116 valence electrons. The third-order valence-corrected chi connectivity index (χ3v) is 3.74. The zero-order valence-corrected chi connectivity index (χ0v) is 12.2. The van der Waals surface area contributed by atoms with E-state index in [9.17, 15) is 0 Å². The van der Waals surface area contributed by atoms with Crippen LogP contribution in [0.25, 0.3) is 0 Å². The van der Waals surface area contributed by atoms with Gasteiger partial charge in [0.25, 0.3) is 0 Å². The molecule has 2 aliphatic heterocycles. The molecule has 6 heteroatoms. The number of ether oxygens (including phenoxy) is 4. The molecule has 0 bridgehead atoms. The summed E-state index contributed by atoms with van der Waals surface area (Å²) in [6.45, 7) is 5.97. The standard InChI is InChI=1S/C15H22N2O4/c16-2-1-12-9-14-15(21-11-20-14)10-13(12)19-8-5-17-3-6-18-7-4-17/h9-10H,1-8,11,16H2. The van der Waals surface area contributed by atoms with Crippen LogP contribution in [0.2, 0.25) is 0 Å². The van der Waals surface area contributed by atoms with Crippen molar-refractivity contribution in [3.05, 3.63) is 17.7 Å². The monoisotopic (exact) mass is 294 g/mol. The van der Waals surface area contributed by atoms with Gasteiger partial charge in [0.05, 0.1) is 13.2 Å². The lowest BCUT2D eigenvalue weighted by Crippen LogP contribution is -2.38. The van der Waals surface area contributed by atoms with Crippen LogP contribution in [-0.2, 0) is 11.2 Å². The van der Waals surface area contributed by atoms with Gasteiger partial charge in [0, 0.05) is 25.7 Å². The van der Waals surface area contributed by atoms with Crippen LogP contribution < -0.4 is 19.9 Å². The molecule has 6 nitrogen and oxygen atoms in total. The Kier molecular flexibility index (Phi) is 4.80. The number of hydrogen-bond donors (Lipinski definition) is 1. The van der Waals surface area contributed by atoms with Crippen molar-refractivity contribution in [3.63, 3.8) is 0 Å². The molecule has 1 aromatic carbocycles. The van der Waals surface area contributed by atoms with Crippen molar-refractivity contribution in [1.82, 2.24) is 4.90 Å². The predicted octanol–water partition coefficient (Wildman–Crippen LogP) is 0.627. The summed E-state index contributed by atoms with van der Waals surface area (Å²) < 4.78 is 22.1. The van der Waals surface area contributed by atoms with E-state index in [-0.39, 0.29) is 6.79 Å². The Morgan fingerprint density at radius 2 is 1.90 bits per heavy atom. The molecule has 0 aromatic heterocycles. The molecule has 0 atom stereocenters. The van der Waals surface area contributed by atoms with Crippen molar-refractivity contribution in [2.45, 2.75) is 6.42 Å². The molecule has 2 aliphatic rings. The summed E-state index contributed by atoms with van der Waals surface area (Å²) in [7, 11) is 0. The van der Waals surface area contributed by atoms with Crippen molar-refractivity contribution in [2.75, 3.05) is 52.8 Å². The maximum absolute atomic E-state index is 5.94. The van der Waals surface area contributed by atoms with Crippen LogP contribution in [0.5, 0.6) is 17.2 Å². The van der Waals surface area contributed by atoms with Gasteiger partial charge in [-0.1, -0.05) is 0 Å². The number of fused-ring (bicyclic) bond motifs is 1. The van der Waals surface area contributed by atoms with Crippen LogP contribution in [0, 0.1) is 0 Å². The molecule has 1 fully saturated rings. The predicted molar refractivity (Wildman–Crippen MR) is 78.1 cm³/mol. The normalized spacial score (nSPS) is 18.0. The van der Waals surface area contributed by atoms with Gasteiger partial charge in [0.15, 0.2) is 11.5 Å². The smallest absolute Gasteiger partial charge is 0.231 e. The van der Waals surface area contributed by atoms with E-state index >= 15 is 0 Å². The first-order valence-electron chi connectivity index (χ1n) is 7.42. The van der Waals surface area contributed by atoms with E-state index in [0.29, 0.717) is 13.2 Å². The third-order valence-electron chi connectivity index (χ3n) is 3.74. The number of nitrogens with zero attached hydrogens (tertiary/aromatic N) is 1. The van der Waals surface area contributed by atoms with Crippen LogP contribution in [0.3, 0.4) is 0 Å². The van der Waals surface area contributed by atoms with Gasteiger partial charge in [0.1, 0.15) is 12.4 Å². The molecule has 0 spiro atoms. The molecule has 0 radical (unpaired) electrons. The maximum atomic E-state index is 5.94. The summed E-state index contributed by atoms with van der Waals surface area (Å²) in [6.07, 6.45) is 0.767. The average Bonchev–Trinajstić information content (AvgIpc) is 2.96. The second-order valence-corrected chi connectivity index (χ2v) is 5.15. The minimum atomic E-state index is 0.272. The fourth-order valence-corrected chi connectivity index (χ4v) is 2.56. The first-order chi connectivity index (χ1) is 10.4. The van der Waals surface area contributed by atoms with E-state index in [2.05, 4.69) is 4.90 Å². The van der Waals surface area contributed by atoms with E-state index < -0.39 is 0 Å². The maximum Gasteiger partial charge on any atom is 0.231 e. The molecule has 0 amide bonds. The lowest BCUT2D eigenvalue weighted by atomic mass is 10.1. The molecule has 1 aromatic rings. The zero-order valence-electron chi connectivity index (χ0n) is 12.2. The minimum Gasteiger partial charge on any atom is -0.492 e. The fraction of sp³-hybridized carbons (Fsp3) is 0.600. The molecule has 2 heterocycles. The lowest BCUT2D eigenvalue weighted by molar-refractivity contribution is 0.0322. The van der Waals surface area contributed by atoms with E-state index in [1.165, 1.54) is 0 Å². The zero-order chi connectivity index (χ0) is 14.5. The Bertz CT molecular complexity index is 475. The van der Waals surface area contributed by atoms with Gasteiger partial charge in [-0.3, -0.25) is 4.90 Å². The van der Waals surface area contributed by atoms with Gasteiger partial charge < -0.3 is 24.7 Å². The summed E-state index contributed by atoms with van der Waals surface area (Å²) >= 11 is 0. The fourth-order valence-electron chi connectivity index (χ4n) is 2.56. The first kappa shape index (κ1) is 14.4. The molecular weight excluding hydrogens is 272 g/mol. The van der Waals surface area contributed by atoms with E-state index in [1.807, 2.05) is 12.1 Å². The van der Waals surface area contributed by atoms with Crippen molar-refractivity contribution in [2.24, 2.45) is 5.73 Å². The molecule has 21 heavy (non-hydrogen) atoms. The Morgan fingerprint density at radius 1 is 1.14 bits per heavy atom. The Hall–Kier alpha value is -1.50. The average molecular weight is 294 g/mol. The van der Waals surface area contributed by atoms with E-state index in [1.54, 1.807) is 0 Å². The Balaban J connectivity index is 1.60. The summed E-state index contributed by atoms with van der Waals surface area (Å²) in [4.78, 5) is 2.35. The van der Waals surface area contributed by atoms with Crippen molar-refractivity contribution in [1.29, 1.82) is 0 Å². The highest BCUT2D eigenvalue weighted by atomic mass is 16.7. The second-order valence-electron chi connectivity index (χ2n) is 5.15. The summed E-state index contributed by atoms with van der Waals surface area (Å²) in [6, 6.07) is 3.88. The SMILES string of the molecule is NCCc1cc2c(cc1OCCN1CCOCC1)OCO2. The third kappa shape index (κ3) is 3.58. The summed E-state index contributed by atoms with van der Waals surface area (Å²) in [5, 5.41) is 0. The van der Waals surface area contributed by atoms with Crippen LogP contribution in [0.4, 0.5) is 0 Å². The molecular formula is C15H22N2O4. The molecule has 0 aliphatic carbocycles. The number of nitrogens with two attached hydrogens (primary N) is 1. The van der Waals surface area contributed by atoms with Gasteiger partial charge in [-0.25, -0.2) is 0 Å². The number of morpholine rings is 1. The Labute approximate surface area is 124 Å². The minimum absolute atomic E-state index is 0.272. The number of hydrogen-bond acceptors (Lipinski definition) is 6. The summed E-state index contributed by atoms with van der Waals surface area (Å²) in [5.74, 6) is 2.37. The van der Waals surface area contributed by atoms with E-state index in [0.717, 1.165) is 62.1 Å². The van der Waals surface area contributed by atoms with Crippen molar-refractivity contribution < 1.29 is 18.9 Å². The number of benzene rings is 1. The van der Waals surface area contributed by atoms with Gasteiger partial charge in [-0.05, 0) is 24.6 Å². The van der Waals surface area contributed by atoms with Gasteiger partial charge >= 0.3 is 0 Å². The molecule has 0 saturated carbocycles. The van der Waals surface area contributed by atoms with Gasteiger partial charge in [-0.15, -0.1) is 0 Å². The lowest BCUT2D eigenvalue weighted by Gasteiger charge is -2.26. The highest BCUT2D eigenvalue weighted by molar-refractivity contribution is 5.52. The van der Waals surface area contributed by atoms with Gasteiger partial charge in [-0.2, -0.15) is 0 Å². The van der Waals surface area contributed by atoms with Crippen LogP contribution in [0.15, 0.2) is 12.1 Å². The second kappa shape index (κ2) is 6.98. The molecule has 2 N–H and O–H groups in total. The van der Waals surface area contributed by atoms with Crippen LogP contribution in [0.1, 0.15) is 5.56 Å². The Morgan fingerprint density at radius 3 is 2.67 bits per heavy atom. The summed E-state index contributed by atoms with van der Waals surface area (Å²) in [5.41, 5.74) is 6.74. The van der Waals surface area contributed by atoms with Crippen LogP contribution >= 0.6 is 0 Å². The van der Waals surface area contributed by atoms with Crippen molar-refractivity contribution in [3.8, 4) is 17.2 Å². The van der Waals surface area contributed by atoms with E-state index in [4.69, 9.17) is 24.7 Å². The first-order valence-corrected chi connectivity index (χ1v) is 7.42.